The second-order valence-electron chi connectivity index (χ2n) is 11.7. The van der Waals surface area contributed by atoms with E-state index in [1.165, 1.54) is 0 Å². The van der Waals surface area contributed by atoms with Crippen molar-refractivity contribution in [2.24, 2.45) is 15.5 Å². The average molecular weight is 547 g/mol. The molecule has 2 aliphatic heterocycles. The van der Waals surface area contributed by atoms with Gasteiger partial charge in [0.25, 0.3) is 0 Å². The first-order valence-corrected chi connectivity index (χ1v) is 14.1. The number of hydrogen-bond acceptors (Lipinski definition) is 5. The second kappa shape index (κ2) is 14.3. The fourth-order valence-electron chi connectivity index (χ4n) is 6.26. The van der Waals surface area contributed by atoms with E-state index >= 15 is 0 Å². The van der Waals surface area contributed by atoms with E-state index in [2.05, 4.69) is 92.9 Å². The Labute approximate surface area is 242 Å². The van der Waals surface area contributed by atoms with Crippen LogP contribution in [-0.2, 0) is 0 Å². The molecular formula is C33H50N6O. The van der Waals surface area contributed by atoms with Gasteiger partial charge in [-0.25, -0.2) is 9.79 Å². The number of nitrogens with one attached hydrogen (secondary N) is 2. The quantitative estimate of drug-likeness (QED) is 0.148. The lowest BCUT2D eigenvalue weighted by Crippen LogP contribution is -2.61. The lowest BCUT2D eigenvalue weighted by molar-refractivity contribution is 0.0276. The van der Waals surface area contributed by atoms with Crippen molar-refractivity contribution >= 4 is 19.0 Å². The number of aliphatic imine (C=N–C) groups is 1. The van der Waals surface area contributed by atoms with Gasteiger partial charge in [-0.05, 0) is 87.5 Å². The van der Waals surface area contributed by atoms with Crippen molar-refractivity contribution in [1.82, 2.24) is 20.5 Å². The second-order valence-corrected chi connectivity index (χ2v) is 11.7. The minimum Gasteiger partial charge on any atom is -0.317 e. The summed E-state index contributed by atoms with van der Waals surface area (Å²) >= 11 is 0. The molecule has 40 heavy (non-hydrogen) atoms. The molecule has 0 aromatic carbocycles. The van der Waals surface area contributed by atoms with Crippen molar-refractivity contribution in [3.8, 4) is 0 Å². The molecular weight excluding hydrogens is 496 g/mol. The summed E-state index contributed by atoms with van der Waals surface area (Å²) in [7, 11) is 1.75. The molecule has 2 saturated heterocycles. The summed E-state index contributed by atoms with van der Waals surface area (Å²) in [5, 5.41) is 7.56. The van der Waals surface area contributed by atoms with Gasteiger partial charge in [0, 0.05) is 12.6 Å². The first-order valence-electron chi connectivity index (χ1n) is 14.1. The van der Waals surface area contributed by atoms with Crippen LogP contribution >= 0.6 is 0 Å². The molecule has 1 spiro atoms. The molecule has 0 radical (unpaired) electrons. The third-order valence-electron chi connectivity index (χ3n) is 7.87. The molecule has 2 amide bonds. The van der Waals surface area contributed by atoms with Gasteiger partial charge in [-0.2, -0.15) is 5.10 Å². The Bertz CT molecular complexity index is 1110. The molecule has 2 fully saturated rings. The number of hydrogen-bond donors (Lipinski definition) is 2. The van der Waals surface area contributed by atoms with Gasteiger partial charge in [0.05, 0.1) is 18.3 Å². The van der Waals surface area contributed by atoms with Crippen LogP contribution in [-0.4, -0.2) is 66.5 Å². The number of piperidine rings is 1. The summed E-state index contributed by atoms with van der Waals surface area (Å²) < 4.78 is 0. The minimum absolute atomic E-state index is 0.0285. The monoisotopic (exact) mass is 546 g/mol. The van der Waals surface area contributed by atoms with E-state index in [1.807, 2.05) is 30.4 Å². The third-order valence-corrected chi connectivity index (χ3v) is 7.87. The molecule has 218 valence electrons. The Hall–Kier alpha value is -3.45. The Morgan fingerprint density at radius 3 is 2.35 bits per heavy atom. The van der Waals surface area contributed by atoms with Crippen molar-refractivity contribution in [3.63, 3.8) is 0 Å². The number of rotatable bonds is 14. The zero-order valence-electron chi connectivity index (χ0n) is 25.6. The van der Waals surface area contributed by atoms with Crippen LogP contribution in [0.25, 0.3) is 0 Å². The fourth-order valence-corrected chi connectivity index (χ4v) is 6.26. The van der Waals surface area contributed by atoms with Crippen LogP contribution in [0.2, 0.25) is 0 Å². The molecule has 0 unspecified atom stereocenters. The maximum absolute atomic E-state index is 14.3. The maximum atomic E-state index is 14.3. The van der Waals surface area contributed by atoms with E-state index in [4.69, 9.17) is 0 Å². The molecule has 2 rings (SSSR count). The van der Waals surface area contributed by atoms with E-state index in [0.717, 1.165) is 55.5 Å². The standard InChI is InChI=1S/C33H50N6O/c1-11-14-16-28(15-12-2)31(5,6)24-32(7,8)39-30(40)38(25-33(39)19-21-36-22-20-33)29(34-9)18-17-27(13-3)26(4)23-37-35-10/h11-12,14-18,23,35-36H,1-2,4,9,13,19-22,24-25H2,3,5-8,10H3/b16-14-,27-17+,28-15+,29-18+,37-23-. The van der Waals surface area contributed by atoms with Crippen molar-refractivity contribution in [3.05, 3.63) is 84.8 Å². The molecule has 7 nitrogen and oxygen atoms in total. The summed E-state index contributed by atoms with van der Waals surface area (Å²) in [5.41, 5.74) is 4.75. The molecule has 0 aromatic heterocycles. The average Bonchev–Trinajstić information content (AvgIpc) is 3.18. The topological polar surface area (TPSA) is 72.3 Å². The van der Waals surface area contributed by atoms with Crippen molar-refractivity contribution in [2.45, 2.75) is 71.4 Å². The number of carbonyl (C=O) groups excluding carboxylic acids is 1. The first-order chi connectivity index (χ1) is 18.9. The van der Waals surface area contributed by atoms with Crippen molar-refractivity contribution in [1.29, 1.82) is 0 Å². The van der Waals surface area contributed by atoms with Crippen LogP contribution in [0.5, 0.6) is 0 Å². The number of allylic oxidation sites excluding steroid dienone is 10. The zero-order valence-corrected chi connectivity index (χ0v) is 25.6. The number of amides is 2. The normalized spacial score (nSPS) is 19.1. The lowest BCUT2D eigenvalue weighted by atomic mass is 9.72. The summed E-state index contributed by atoms with van der Waals surface area (Å²) in [6.45, 7) is 28.9. The summed E-state index contributed by atoms with van der Waals surface area (Å²) in [5.74, 6) is 0.547. The highest BCUT2D eigenvalue weighted by atomic mass is 16.2. The Kier molecular flexibility index (Phi) is 11.7. The fraction of sp³-hybridized carbons (Fsp3) is 0.485. The molecule has 7 heteroatoms. The van der Waals surface area contributed by atoms with Gasteiger partial charge >= 0.3 is 6.03 Å². The van der Waals surface area contributed by atoms with Crippen LogP contribution in [0.4, 0.5) is 4.79 Å². The minimum atomic E-state index is -0.441. The molecule has 2 heterocycles. The van der Waals surface area contributed by atoms with Crippen LogP contribution in [0, 0.1) is 5.41 Å². The highest BCUT2D eigenvalue weighted by Crippen LogP contribution is 2.46. The summed E-state index contributed by atoms with van der Waals surface area (Å²) in [6, 6.07) is -0.0285. The van der Waals surface area contributed by atoms with Crippen molar-refractivity contribution in [2.75, 3.05) is 26.7 Å². The Morgan fingerprint density at radius 1 is 1.12 bits per heavy atom. The third kappa shape index (κ3) is 7.60. The summed E-state index contributed by atoms with van der Waals surface area (Å²) in [6.07, 6.45) is 18.5. The van der Waals surface area contributed by atoms with E-state index in [0.29, 0.717) is 12.4 Å². The maximum Gasteiger partial charge on any atom is 0.326 e. The highest BCUT2D eigenvalue weighted by molar-refractivity contribution is 5.84. The smallest absolute Gasteiger partial charge is 0.317 e. The number of hydrazone groups is 1. The van der Waals surface area contributed by atoms with Gasteiger partial charge in [0.2, 0.25) is 0 Å². The molecule has 0 atom stereocenters. The van der Waals surface area contributed by atoms with Gasteiger partial charge < -0.3 is 15.6 Å². The van der Waals surface area contributed by atoms with E-state index in [-0.39, 0.29) is 17.0 Å². The summed E-state index contributed by atoms with van der Waals surface area (Å²) in [4.78, 5) is 22.6. The molecule has 0 saturated carbocycles. The van der Waals surface area contributed by atoms with E-state index < -0.39 is 5.54 Å². The first kappa shape index (κ1) is 32.8. The van der Waals surface area contributed by atoms with Gasteiger partial charge in [-0.15, -0.1) is 0 Å². The molecule has 0 aliphatic carbocycles. The van der Waals surface area contributed by atoms with E-state index in [9.17, 15) is 4.79 Å². The SMILES string of the molecule is C=C/C=C\C(=C/C=C)C(C)(C)CC(C)(C)N1C(=O)N(/C(=C/C=C(\CC)C(=C)/C=N\NC)N=C)CC12CCNCC2. The predicted octanol–water partition coefficient (Wildman–Crippen LogP) is 6.54. The van der Waals surface area contributed by atoms with Crippen LogP contribution < -0.4 is 10.7 Å². The number of carbonyl (C=O) groups is 1. The van der Waals surface area contributed by atoms with Gasteiger partial charge in [-0.3, -0.25) is 4.90 Å². The Morgan fingerprint density at radius 2 is 1.80 bits per heavy atom. The molecule has 0 aromatic rings. The van der Waals surface area contributed by atoms with Gasteiger partial charge in [0.1, 0.15) is 5.82 Å². The zero-order chi connectivity index (χ0) is 30.0. The van der Waals surface area contributed by atoms with Crippen LogP contribution in [0.15, 0.2) is 94.9 Å². The van der Waals surface area contributed by atoms with Gasteiger partial charge in [0.15, 0.2) is 0 Å². The van der Waals surface area contributed by atoms with Crippen molar-refractivity contribution < 1.29 is 4.79 Å². The highest BCUT2D eigenvalue weighted by Gasteiger charge is 2.56. The lowest BCUT2D eigenvalue weighted by Gasteiger charge is -2.50. The Balaban J connectivity index is 2.52. The predicted molar refractivity (Wildman–Crippen MR) is 172 cm³/mol. The molecule has 2 N–H and O–H groups in total. The molecule has 0 bridgehead atoms. The van der Waals surface area contributed by atoms with Crippen LogP contribution in [0.3, 0.4) is 0 Å². The van der Waals surface area contributed by atoms with Gasteiger partial charge in [-0.1, -0.05) is 77.0 Å². The molecule has 2 aliphatic rings. The van der Waals surface area contributed by atoms with Crippen LogP contribution in [0.1, 0.15) is 60.3 Å². The van der Waals surface area contributed by atoms with E-state index in [1.54, 1.807) is 24.2 Å². The number of urea groups is 1. The largest absolute Gasteiger partial charge is 0.326 e. The number of nitrogens with zero attached hydrogens (tertiary/aromatic N) is 4.